The summed E-state index contributed by atoms with van der Waals surface area (Å²) in [6, 6.07) is 0. The lowest BCUT2D eigenvalue weighted by atomic mass is 9.95. The third-order valence-corrected chi connectivity index (χ3v) is 3.08. The normalized spacial score (nSPS) is 15.9. The van der Waals surface area contributed by atoms with E-state index in [0.717, 1.165) is 19.4 Å². The molecule has 16 heavy (non-hydrogen) atoms. The van der Waals surface area contributed by atoms with Gasteiger partial charge in [-0.3, -0.25) is 4.79 Å². The van der Waals surface area contributed by atoms with Crippen molar-refractivity contribution < 1.29 is 4.79 Å². The van der Waals surface area contributed by atoms with Gasteiger partial charge in [0, 0.05) is 25.4 Å². The summed E-state index contributed by atoms with van der Waals surface area (Å²) >= 11 is 0. The standard InChI is InChI=1S/C13H18N2O/c1-2-15-9-8-14-13(15)12(16)10-11-6-4-3-5-7-11/h6,8-9H,2-5,7,10H2,1H3. The fraction of sp³-hybridized carbons (Fsp3) is 0.538. The van der Waals surface area contributed by atoms with Crippen LogP contribution in [0.5, 0.6) is 0 Å². The van der Waals surface area contributed by atoms with Gasteiger partial charge in [0.15, 0.2) is 5.82 Å². The average Bonchev–Trinajstić information content (AvgIpc) is 2.78. The zero-order valence-corrected chi connectivity index (χ0v) is 9.78. The van der Waals surface area contributed by atoms with Crippen molar-refractivity contribution in [2.75, 3.05) is 0 Å². The highest BCUT2D eigenvalue weighted by Gasteiger charge is 2.14. The summed E-state index contributed by atoms with van der Waals surface area (Å²) in [5.74, 6) is 0.758. The SMILES string of the molecule is CCn1ccnc1C(=O)CC1=CCCCC1. The smallest absolute Gasteiger partial charge is 0.202 e. The minimum Gasteiger partial charge on any atom is -0.329 e. The van der Waals surface area contributed by atoms with E-state index in [1.165, 1.54) is 18.4 Å². The quantitative estimate of drug-likeness (QED) is 0.575. The highest BCUT2D eigenvalue weighted by molar-refractivity contribution is 5.94. The van der Waals surface area contributed by atoms with Crippen LogP contribution in [0.3, 0.4) is 0 Å². The molecule has 1 aliphatic rings. The lowest BCUT2D eigenvalue weighted by molar-refractivity contribution is 0.0977. The summed E-state index contributed by atoms with van der Waals surface area (Å²) in [5.41, 5.74) is 1.29. The van der Waals surface area contributed by atoms with Crippen LogP contribution in [0.2, 0.25) is 0 Å². The second-order valence-corrected chi connectivity index (χ2v) is 4.24. The molecule has 0 atom stereocenters. The van der Waals surface area contributed by atoms with Gasteiger partial charge in [-0.2, -0.15) is 0 Å². The molecule has 0 N–H and O–H groups in total. The molecule has 0 fully saturated rings. The van der Waals surface area contributed by atoms with Gasteiger partial charge < -0.3 is 4.57 Å². The molecule has 0 spiro atoms. The molecule has 86 valence electrons. The van der Waals surface area contributed by atoms with Gasteiger partial charge in [-0.25, -0.2) is 4.98 Å². The Labute approximate surface area is 96.2 Å². The Balaban J connectivity index is 2.05. The molecule has 1 aromatic rings. The minimum atomic E-state index is 0.153. The molecule has 3 heteroatoms. The summed E-state index contributed by atoms with van der Waals surface area (Å²) in [7, 11) is 0. The average molecular weight is 218 g/mol. The van der Waals surface area contributed by atoms with Crippen molar-refractivity contribution in [2.45, 2.75) is 45.6 Å². The first-order chi connectivity index (χ1) is 7.81. The van der Waals surface area contributed by atoms with Crippen molar-refractivity contribution >= 4 is 5.78 Å². The van der Waals surface area contributed by atoms with Crippen LogP contribution in [0.1, 0.15) is 49.6 Å². The number of Topliss-reactive ketones (excluding diaryl/α,β-unsaturated/α-hetero) is 1. The highest BCUT2D eigenvalue weighted by atomic mass is 16.1. The van der Waals surface area contributed by atoms with Crippen molar-refractivity contribution in [3.63, 3.8) is 0 Å². The van der Waals surface area contributed by atoms with E-state index in [2.05, 4.69) is 11.1 Å². The number of hydrogen-bond donors (Lipinski definition) is 0. The highest BCUT2D eigenvalue weighted by Crippen LogP contribution is 2.21. The lowest BCUT2D eigenvalue weighted by Gasteiger charge is -2.11. The van der Waals surface area contributed by atoms with Gasteiger partial charge in [0.1, 0.15) is 0 Å². The maximum absolute atomic E-state index is 12.0. The minimum absolute atomic E-state index is 0.153. The number of carbonyl (C=O) groups is 1. The van der Waals surface area contributed by atoms with Crippen LogP contribution in [-0.2, 0) is 6.54 Å². The van der Waals surface area contributed by atoms with E-state index in [9.17, 15) is 4.79 Å². The topological polar surface area (TPSA) is 34.9 Å². The Morgan fingerprint density at radius 2 is 2.38 bits per heavy atom. The van der Waals surface area contributed by atoms with Crippen molar-refractivity contribution in [3.8, 4) is 0 Å². The first-order valence-corrected chi connectivity index (χ1v) is 6.03. The fourth-order valence-electron chi connectivity index (χ4n) is 2.17. The number of hydrogen-bond acceptors (Lipinski definition) is 2. The maximum atomic E-state index is 12.0. The van der Waals surface area contributed by atoms with Gasteiger partial charge in [-0.05, 0) is 32.6 Å². The van der Waals surface area contributed by atoms with E-state index in [1.54, 1.807) is 6.20 Å². The zero-order valence-electron chi connectivity index (χ0n) is 9.78. The van der Waals surface area contributed by atoms with Gasteiger partial charge in [0.2, 0.25) is 5.78 Å². The Morgan fingerprint density at radius 3 is 3.06 bits per heavy atom. The summed E-state index contributed by atoms with van der Waals surface area (Å²) in [4.78, 5) is 16.2. The summed E-state index contributed by atoms with van der Waals surface area (Å²) in [5, 5.41) is 0. The van der Waals surface area contributed by atoms with Crippen LogP contribution < -0.4 is 0 Å². The third kappa shape index (κ3) is 2.40. The van der Waals surface area contributed by atoms with E-state index in [-0.39, 0.29) is 5.78 Å². The van der Waals surface area contributed by atoms with E-state index < -0.39 is 0 Å². The molecule has 1 heterocycles. The molecular weight excluding hydrogens is 200 g/mol. The van der Waals surface area contributed by atoms with Crippen molar-refractivity contribution in [1.29, 1.82) is 0 Å². The number of rotatable bonds is 4. The second-order valence-electron chi connectivity index (χ2n) is 4.24. The van der Waals surface area contributed by atoms with Crippen LogP contribution in [0.25, 0.3) is 0 Å². The van der Waals surface area contributed by atoms with Crippen LogP contribution in [0, 0.1) is 0 Å². The predicted molar refractivity (Wildman–Crippen MR) is 63.4 cm³/mol. The monoisotopic (exact) mass is 218 g/mol. The number of allylic oxidation sites excluding steroid dienone is 2. The van der Waals surface area contributed by atoms with Gasteiger partial charge >= 0.3 is 0 Å². The van der Waals surface area contributed by atoms with Gasteiger partial charge in [0.25, 0.3) is 0 Å². The molecular formula is C13H18N2O. The van der Waals surface area contributed by atoms with E-state index in [0.29, 0.717) is 12.2 Å². The lowest BCUT2D eigenvalue weighted by Crippen LogP contribution is -2.10. The number of aromatic nitrogens is 2. The second kappa shape index (κ2) is 5.10. The van der Waals surface area contributed by atoms with Crippen LogP contribution >= 0.6 is 0 Å². The van der Waals surface area contributed by atoms with Crippen LogP contribution in [0.4, 0.5) is 0 Å². The Hall–Kier alpha value is -1.38. The molecule has 0 amide bonds. The largest absolute Gasteiger partial charge is 0.329 e. The molecule has 0 aromatic carbocycles. The van der Waals surface area contributed by atoms with E-state index >= 15 is 0 Å². The van der Waals surface area contributed by atoms with Gasteiger partial charge in [0.05, 0.1) is 0 Å². The molecule has 0 unspecified atom stereocenters. The fourth-order valence-corrected chi connectivity index (χ4v) is 2.17. The number of imidazole rings is 1. The van der Waals surface area contributed by atoms with E-state index in [1.807, 2.05) is 17.7 Å². The summed E-state index contributed by atoms with van der Waals surface area (Å²) < 4.78 is 1.91. The molecule has 2 rings (SSSR count). The Bertz CT molecular complexity index is 404. The molecule has 0 saturated heterocycles. The predicted octanol–water partition coefficient (Wildman–Crippen LogP) is 2.98. The molecule has 1 aliphatic carbocycles. The van der Waals surface area contributed by atoms with Crippen LogP contribution in [0.15, 0.2) is 24.0 Å². The van der Waals surface area contributed by atoms with Crippen LogP contribution in [-0.4, -0.2) is 15.3 Å². The zero-order chi connectivity index (χ0) is 11.4. The third-order valence-electron chi connectivity index (χ3n) is 3.08. The molecule has 1 aromatic heterocycles. The van der Waals surface area contributed by atoms with Crippen molar-refractivity contribution in [3.05, 3.63) is 29.9 Å². The van der Waals surface area contributed by atoms with Crippen molar-refractivity contribution in [2.24, 2.45) is 0 Å². The first-order valence-electron chi connectivity index (χ1n) is 6.03. The van der Waals surface area contributed by atoms with E-state index in [4.69, 9.17) is 0 Å². The Morgan fingerprint density at radius 1 is 1.50 bits per heavy atom. The summed E-state index contributed by atoms with van der Waals surface area (Å²) in [6.07, 6.45) is 11.0. The van der Waals surface area contributed by atoms with Crippen molar-refractivity contribution in [1.82, 2.24) is 9.55 Å². The molecule has 0 aliphatic heterocycles. The molecule has 0 radical (unpaired) electrons. The number of ketones is 1. The molecule has 3 nitrogen and oxygen atoms in total. The first kappa shape index (κ1) is 11.1. The Kier molecular flexibility index (Phi) is 3.54. The van der Waals surface area contributed by atoms with Gasteiger partial charge in [-0.15, -0.1) is 0 Å². The number of carbonyl (C=O) groups excluding carboxylic acids is 1. The summed E-state index contributed by atoms with van der Waals surface area (Å²) in [6.45, 7) is 2.83. The maximum Gasteiger partial charge on any atom is 0.202 e. The number of aryl methyl sites for hydroxylation is 1. The molecule has 0 bridgehead atoms. The molecule has 0 saturated carbocycles. The number of nitrogens with zero attached hydrogens (tertiary/aromatic N) is 2. The van der Waals surface area contributed by atoms with Gasteiger partial charge in [-0.1, -0.05) is 11.6 Å².